The Kier molecular flexibility index (Phi) is 4.81. The third kappa shape index (κ3) is 3.24. The van der Waals surface area contributed by atoms with E-state index >= 15 is 0 Å². The summed E-state index contributed by atoms with van der Waals surface area (Å²) in [6.07, 6.45) is 1.45. The van der Waals surface area contributed by atoms with E-state index in [0.29, 0.717) is 5.92 Å². The summed E-state index contributed by atoms with van der Waals surface area (Å²) in [5.41, 5.74) is 2.06. The summed E-state index contributed by atoms with van der Waals surface area (Å²) in [6.45, 7) is 6.33. The maximum absolute atomic E-state index is 10.2. The molecule has 0 spiro atoms. The van der Waals surface area contributed by atoms with Gasteiger partial charge < -0.3 is 9.84 Å². The molecular weight excluding hydrogens is 200 g/mol. The van der Waals surface area contributed by atoms with Crippen molar-refractivity contribution < 1.29 is 9.84 Å². The Morgan fingerprint density at radius 3 is 2.62 bits per heavy atom. The molecule has 2 heteroatoms. The Labute approximate surface area is 98.3 Å². The van der Waals surface area contributed by atoms with Crippen molar-refractivity contribution in [3.05, 3.63) is 29.3 Å². The molecule has 1 aromatic carbocycles. The van der Waals surface area contributed by atoms with E-state index in [1.165, 1.54) is 0 Å². The van der Waals surface area contributed by atoms with Crippen molar-refractivity contribution in [2.24, 2.45) is 5.92 Å². The second kappa shape index (κ2) is 5.90. The predicted octanol–water partition coefficient (Wildman–Crippen LogP) is 3.47. The molecule has 0 aromatic heterocycles. The van der Waals surface area contributed by atoms with Gasteiger partial charge in [-0.1, -0.05) is 31.9 Å². The van der Waals surface area contributed by atoms with Crippen molar-refractivity contribution in [3.8, 4) is 5.75 Å². The van der Waals surface area contributed by atoms with E-state index in [0.717, 1.165) is 29.7 Å². The van der Waals surface area contributed by atoms with Gasteiger partial charge in [0, 0.05) is 5.56 Å². The van der Waals surface area contributed by atoms with Gasteiger partial charge in [-0.2, -0.15) is 0 Å². The second-order valence-electron chi connectivity index (χ2n) is 4.51. The normalized spacial score (nSPS) is 14.6. The number of aliphatic hydroxyl groups excluding tert-OH is 1. The first-order chi connectivity index (χ1) is 7.58. The van der Waals surface area contributed by atoms with Crippen LogP contribution in [0.5, 0.6) is 5.75 Å². The van der Waals surface area contributed by atoms with Crippen LogP contribution in [0.1, 0.15) is 43.9 Å². The molecule has 0 radical (unpaired) electrons. The van der Waals surface area contributed by atoms with Gasteiger partial charge in [-0.15, -0.1) is 0 Å². The third-order valence-corrected chi connectivity index (χ3v) is 3.07. The van der Waals surface area contributed by atoms with Gasteiger partial charge in [0.1, 0.15) is 5.75 Å². The molecule has 0 aliphatic rings. The van der Waals surface area contributed by atoms with Crippen molar-refractivity contribution in [1.82, 2.24) is 0 Å². The summed E-state index contributed by atoms with van der Waals surface area (Å²) in [5.74, 6) is 1.31. The maximum atomic E-state index is 10.2. The van der Waals surface area contributed by atoms with E-state index in [2.05, 4.69) is 13.8 Å². The van der Waals surface area contributed by atoms with Crippen LogP contribution in [-0.2, 0) is 0 Å². The van der Waals surface area contributed by atoms with Crippen LogP contribution < -0.4 is 4.74 Å². The minimum atomic E-state index is -0.426. The molecule has 0 amide bonds. The van der Waals surface area contributed by atoms with E-state index < -0.39 is 6.10 Å². The Morgan fingerprint density at radius 2 is 2.06 bits per heavy atom. The highest BCUT2D eigenvalue weighted by atomic mass is 16.5. The standard InChI is InChI=1S/C14H22O2/c1-5-10(2)9-13(15)12-8-11(3)6-7-14(12)16-4/h6-8,10,13,15H,5,9H2,1-4H3. The highest BCUT2D eigenvalue weighted by Gasteiger charge is 2.15. The number of methoxy groups -OCH3 is 1. The Morgan fingerprint density at radius 1 is 1.38 bits per heavy atom. The molecule has 0 aliphatic heterocycles. The summed E-state index contributed by atoms with van der Waals surface area (Å²) in [6, 6.07) is 5.93. The average Bonchev–Trinajstić information content (AvgIpc) is 2.28. The van der Waals surface area contributed by atoms with Gasteiger partial charge in [-0.05, 0) is 31.4 Å². The fourth-order valence-corrected chi connectivity index (χ4v) is 1.79. The van der Waals surface area contributed by atoms with Gasteiger partial charge in [0.25, 0.3) is 0 Å². The van der Waals surface area contributed by atoms with E-state index in [-0.39, 0.29) is 0 Å². The lowest BCUT2D eigenvalue weighted by Crippen LogP contribution is -2.05. The second-order valence-corrected chi connectivity index (χ2v) is 4.51. The fraction of sp³-hybridized carbons (Fsp3) is 0.571. The number of ether oxygens (including phenoxy) is 1. The molecule has 1 aromatic rings. The molecule has 0 saturated carbocycles. The van der Waals surface area contributed by atoms with E-state index in [1.54, 1.807) is 7.11 Å². The van der Waals surface area contributed by atoms with Crippen LogP contribution in [0.15, 0.2) is 18.2 Å². The van der Waals surface area contributed by atoms with Gasteiger partial charge >= 0.3 is 0 Å². The lowest BCUT2D eigenvalue weighted by Gasteiger charge is -2.18. The number of rotatable bonds is 5. The number of benzene rings is 1. The van der Waals surface area contributed by atoms with Gasteiger partial charge in [0.2, 0.25) is 0 Å². The zero-order valence-corrected chi connectivity index (χ0v) is 10.7. The molecule has 0 fully saturated rings. The van der Waals surface area contributed by atoms with Gasteiger partial charge in [-0.25, -0.2) is 0 Å². The summed E-state index contributed by atoms with van der Waals surface area (Å²) in [7, 11) is 1.64. The van der Waals surface area contributed by atoms with Gasteiger partial charge in [-0.3, -0.25) is 0 Å². The molecule has 2 unspecified atom stereocenters. The molecule has 16 heavy (non-hydrogen) atoms. The largest absolute Gasteiger partial charge is 0.496 e. The first-order valence-corrected chi connectivity index (χ1v) is 5.91. The number of hydrogen-bond donors (Lipinski definition) is 1. The van der Waals surface area contributed by atoms with Gasteiger partial charge in [0.15, 0.2) is 0 Å². The SMILES string of the molecule is CCC(C)CC(O)c1cc(C)ccc1OC. The van der Waals surface area contributed by atoms with Crippen LogP contribution >= 0.6 is 0 Å². The molecule has 2 nitrogen and oxygen atoms in total. The lowest BCUT2D eigenvalue weighted by molar-refractivity contribution is 0.143. The molecule has 1 N–H and O–H groups in total. The topological polar surface area (TPSA) is 29.5 Å². The van der Waals surface area contributed by atoms with E-state index in [4.69, 9.17) is 4.74 Å². The molecule has 0 bridgehead atoms. The first-order valence-electron chi connectivity index (χ1n) is 5.91. The van der Waals surface area contributed by atoms with Crippen LogP contribution in [0.25, 0.3) is 0 Å². The smallest absolute Gasteiger partial charge is 0.124 e. The monoisotopic (exact) mass is 222 g/mol. The van der Waals surface area contributed by atoms with Crippen molar-refractivity contribution in [2.45, 2.75) is 39.7 Å². The van der Waals surface area contributed by atoms with Crippen LogP contribution in [0.2, 0.25) is 0 Å². The summed E-state index contributed by atoms with van der Waals surface area (Å²) in [5, 5.41) is 10.2. The molecule has 0 saturated heterocycles. The zero-order chi connectivity index (χ0) is 12.1. The number of aliphatic hydroxyl groups is 1. The predicted molar refractivity (Wildman–Crippen MR) is 66.8 cm³/mol. The third-order valence-electron chi connectivity index (χ3n) is 3.07. The first kappa shape index (κ1) is 13.0. The number of hydrogen-bond acceptors (Lipinski definition) is 2. The summed E-state index contributed by atoms with van der Waals surface area (Å²) in [4.78, 5) is 0. The van der Waals surface area contributed by atoms with Crippen molar-refractivity contribution in [1.29, 1.82) is 0 Å². The molecular formula is C14H22O2. The highest BCUT2D eigenvalue weighted by molar-refractivity contribution is 5.38. The summed E-state index contributed by atoms with van der Waals surface area (Å²) < 4.78 is 5.28. The average molecular weight is 222 g/mol. The zero-order valence-electron chi connectivity index (χ0n) is 10.7. The van der Waals surface area contributed by atoms with Crippen molar-refractivity contribution in [2.75, 3.05) is 7.11 Å². The summed E-state index contributed by atoms with van der Waals surface area (Å²) >= 11 is 0. The molecule has 90 valence electrons. The minimum Gasteiger partial charge on any atom is -0.496 e. The van der Waals surface area contributed by atoms with Crippen LogP contribution in [0, 0.1) is 12.8 Å². The Hall–Kier alpha value is -1.02. The van der Waals surface area contributed by atoms with Crippen LogP contribution in [-0.4, -0.2) is 12.2 Å². The van der Waals surface area contributed by atoms with Crippen molar-refractivity contribution in [3.63, 3.8) is 0 Å². The highest BCUT2D eigenvalue weighted by Crippen LogP contribution is 2.30. The van der Waals surface area contributed by atoms with Gasteiger partial charge in [0.05, 0.1) is 13.2 Å². The molecule has 0 aliphatic carbocycles. The quantitative estimate of drug-likeness (QED) is 0.826. The Bertz CT molecular complexity index is 334. The number of aryl methyl sites for hydroxylation is 1. The van der Waals surface area contributed by atoms with E-state index in [9.17, 15) is 5.11 Å². The van der Waals surface area contributed by atoms with Crippen LogP contribution in [0.4, 0.5) is 0 Å². The molecule has 0 heterocycles. The van der Waals surface area contributed by atoms with Crippen LogP contribution in [0.3, 0.4) is 0 Å². The molecule has 1 rings (SSSR count). The lowest BCUT2D eigenvalue weighted by atomic mass is 9.95. The Balaban J connectivity index is 2.88. The van der Waals surface area contributed by atoms with Crippen molar-refractivity contribution >= 4 is 0 Å². The maximum Gasteiger partial charge on any atom is 0.124 e. The molecule has 2 atom stereocenters. The minimum absolute atomic E-state index is 0.426. The van der Waals surface area contributed by atoms with E-state index in [1.807, 2.05) is 25.1 Å². The fourth-order valence-electron chi connectivity index (χ4n) is 1.79.